The molecule has 4 heteroatoms. The summed E-state index contributed by atoms with van der Waals surface area (Å²) >= 11 is 11.7. The SMILES string of the molecule is CC(=CN(C)C)C(=O)c1ccc(Cl)cc1Cl. The van der Waals surface area contributed by atoms with Crippen molar-refractivity contribution in [1.29, 1.82) is 0 Å². The number of Topliss-reactive ketones (excluding diaryl/α,β-unsaturated/α-hetero) is 1. The minimum Gasteiger partial charge on any atom is -0.383 e. The van der Waals surface area contributed by atoms with Crippen molar-refractivity contribution in [3.63, 3.8) is 0 Å². The lowest BCUT2D eigenvalue weighted by atomic mass is 10.1. The number of halogens is 2. The number of rotatable bonds is 3. The van der Waals surface area contributed by atoms with E-state index in [4.69, 9.17) is 23.2 Å². The Labute approximate surface area is 105 Å². The molecule has 0 amide bonds. The van der Waals surface area contributed by atoms with Crippen LogP contribution in [0.5, 0.6) is 0 Å². The molecule has 0 saturated heterocycles. The Balaban J connectivity index is 3.06. The van der Waals surface area contributed by atoms with Gasteiger partial charge in [0.05, 0.1) is 5.02 Å². The number of nitrogens with zero attached hydrogens (tertiary/aromatic N) is 1. The molecule has 0 aliphatic heterocycles. The van der Waals surface area contributed by atoms with Crippen molar-refractivity contribution in [2.45, 2.75) is 6.92 Å². The standard InChI is InChI=1S/C12H13Cl2NO/c1-8(7-15(2)3)12(16)10-5-4-9(13)6-11(10)14/h4-7H,1-3H3. The molecule has 0 spiro atoms. The van der Waals surface area contributed by atoms with Crippen LogP contribution in [0.15, 0.2) is 30.0 Å². The predicted octanol–water partition coefficient (Wildman–Crippen LogP) is 3.64. The van der Waals surface area contributed by atoms with Crippen LogP contribution in [-0.4, -0.2) is 24.8 Å². The molecule has 0 aromatic heterocycles. The summed E-state index contributed by atoms with van der Waals surface area (Å²) in [4.78, 5) is 13.8. The molecule has 16 heavy (non-hydrogen) atoms. The molecule has 86 valence electrons. The quantitative estimate of drug-likeness (QED) is 0.609. The van der Waals surface area contributed by atoms with Crippen molar-refractivity contribution in [2.24, 2.45) is 0 Å². The predicted molar refractivity (Wildman–Crippen MR) is 68.2 cm³/mol. The van der Waals surface area contributed by atoms with Crippen molar-refractivity contribution in [2.75, 3.05) is 14.1 Å². The minimum absolute atomic E-state index is 0.0876. The second-order valence-electron chi connectivity index (χ2n) is 3.73. The monoisotopic (exact) mass is 257 g/mol. The maximum absolute atomic E-state index is 12.0. The highest BCUT2D eigenvalue weighted by Gasteiger charge is 2.12. The van der Waals surface area contributed by atoms with Crippen LogP contribution >= 0.6 is 23.2 Å². The second kappa shape index (κ2) is 5.37. The van der Waals surface area contributed by atoms with Crippen molar-refractivity contribution in [3.8, 4) is 0 Å². The molecule has 1 aromatic carbocycles. The topological polar surface area (TPSA) is 20.3 Å². The highest BCUT2D eigenvalue weighted by Crippen LogP contribution is 2.23. The lowest BCUT2D eigenvalue weighted by Gasteiger charge is -2.08. The van der Waals surface area contributed by atoms with Crippen LogP contribution in [0, 0.1) is 0 Å². The molecular formula is C12H13Cl2NO. The van der Waals surface area contributed by atoms with Gasteiger partial charge in [-0.2, -0.15) is 0 Å². The van der Waals surface area contributed by atoms with Gasteiger partial charge < -0.3 is 4.90 Å². The maximum atomic E-state index is 12.0. The summed E-state index contributed by atoms with van der Waals surface area (Å²) < 4.78 is 0. The van der Waals surface area contributed by atoms with Gasteiger partial charge >= 0.3 is 0 Å². The summed E-state index contributed by atoms with van der Waals surface area (Å²) in [6.45, 7) is 1.76. The molecule has 0 fully saturated rings. The van der Waals surface area contributed by atoms with Crippen LogP contribution in [0.3, 0.4) is 0 Å². The Morgan fingerprint density at radius 2 is 1.94 bits per heavy atom. The van der Waals surface area contributed by atoms with Crippen molar-refractivity contribution in [3.05, 3.63) is 45.6 Å². The first-order valence-electron chi connectivity index (χ1n) is 4.76. The normalized spacial score (nSPS) is 11.4. The first kappa shape index (κ1) is 13.1. The molecule has 0 bridgehead atoms. The Bertz CT molecular complexity index is 439. The molecule has 0 atom stereocenters. The summed E-state index contributed by atoms with van der Waals surface area (Å²) in [7, 11) is 3.72. The zero-order valence-corrected chi connectivity index (χ0v) is 10.9. The van der Waals surface area contributed by atoms with E-state index in [1.54, 1.807) is 31.3 Å². The Morgan fingerprint density at radius 3 is 2.44 bits per heavy atom. The van der Waals surface area contributed by atoms with Gasteiger partial charge in [0.25, 0.3) is 0 Å². The van der Waals surface area contributed by atoms with Gasteiger partial charge in [-0.25, -0.2) is 0 Å². The zero-order valence-electron chi connectivity index (χ0n) is 9.42. The largest absolute Gasteiger partial charge is 0.383 e. The Morgan fingerprint density at radius 1 is 1.31 bits per heavy atom. The van der Waals surface area contributed by atoms with Gasteiger partial charge in [-0.3, -0.25) is 4.79 Å². The first-order chi connectivity index (χ1) is 7.41. The van der Waals surface area contributed by atoms with Crippen molar-refractivity contribution < 1.29 is 4.79 Å². The average Bonchev–Trinajstić information content (AvgIpc) is 2.15. The average molecular weight is 258 g/mol. The molecular weight excluding hydrogens is 245 g/mol. The number of benzene rings is 1. The maximum Gasteiger partial charge on any atom is 0.191 e. The molecule has 0 radical (unpaired) electrons. The van der Waals surface area contributed by atoms with Crippen LogP contribution in [0.4, 0.5) is 0 Å². The number of ketones is 1. The zero-order chi connectivity index (χ0) is 12.3. The highest BCUT2D eigenvalue weighted by atomic mass is 35.5. The van der Waals surface area contributed by atoms with E-state index in [1.165, 1.54) is 0 Å². The van der Waals surface area contributed by atoms with Crippen LogP contribution in [0.1, 0.15) is 17.3 Å². The summed E-state index contributed by atoms with van der Waals surface area (Å²) in [6.07, 6.45) is 1.76. The number of allylic oxidation sites excluding steroid dienone is 1. The molecule has 0 aliphatic carbocycles. The Kier molecular flexibility index (Phi) is 4.39. The van der Waals surface area contributed by atoms with E-state index in [2.05, 4.69) is 0 Å². The molecule has 1 aromatic rings. The van der Waals surface area contributed by atoms with Crippen molar-refractivity contribution in [1.82, 2.24) is 4.90 Å². The minimum atomic E-state index is -0.0876. The molecule has 0 saturated carbocycles. The van der Waals surface area contributed by atoms with Crippen LogP contribution in [0.2, 0.25) is 10.0 Å². The first-order valence-corrected chi connectivity index (χ1v) is 5.52. The van der Waals surface area contributed by atoms with Gasteiger partial charge in [0.15, 0.2) is 5.78 Å². The Hall–Kier alpha value is -0.990. The summed E-state index contributed by atoms with van der Waals surface area (Å²) in [5, 5.41) is 0.903. The van der Waals surface area contributed by atoms with Gasteiger partial charge in [0.2, 0.25) is 0 Å². The van der Waals surface area contributed by atoms with E-state index >= 15 is 0 Å². The molecule has 1 rings (SSSR count). The van der Waals surface area contributed by atoms with E-state index in [0.29, 0.717) is 21.2 Å². The van der Waals surface area contributed by atoms with Crippen LogP contribution in [0.25, 0.3) is 0 Å². The molecule has 0 unspecified atom stereocenters. The fourth-order valence-corrected chi connectivity index (χ4v) is 1.83. The lowest BCUT2D eigenvalue weighted by molar-refractivity contribution is 0.103. The van der Waals surface area contributed by atoms with Gasteiger partial charge in [-0.15, -0.1) is 0 Å². The van der Waals surface area contributed by atoms with E-state index in [0.717, 1.165) is 0 Å². The third kappa shape index (κ3) is 3.26. The van der Waals surface area contributed by atoms with E-state index < -0.39 is 0 Å². The van der Waals surface area contributed by atoms with Gasteiger partial charge in [0.1, 0.15) is 0 Å². The summed E-state index contributed by atoms with van der Waals surface area (Å²) in [6, 6.07) is 4.86. The van der Waals surface area contributed by atoms with E-state index in [9.17, 15) is 4.79 Å². The highest BCUT2D eigenvalue weighted by molar-refractivity contribution is 6.37. The number of carbonyl (C=O) groups is 1. The lowest BCUT2D eigenvalue weighted by Crippen LogP contribution is -2.08. The van der Waals surface area contributed by atoms with Crippen LogP contribution in [-0.2, 0) is 0 Å². The van der Waals surface area contributed by atoms with E-state index in [1.807, 2.05) is 19.0 Å². The molecule has 0 N–H and O–H groups in total. The number of hydrogen-bond acceptors (Lipinski definition) is 2. The van der Waals surface area contributed by atoms with Gasteiger partial charge in [-0.05, 0) is 25.1 Å². The van der Waals surface area contributed by atoms with E-state index in [-0.39, 0.29) is 5.78 Å². The second-order valence-corrected chi connectivity index (χ2v) is 4.57. The fraction of sp³-hybridized carbons (Fsp3) is 0.250. The molecule has 2 nitrogen and oxygen atoms in total. The molecule has 0 heterocycles. The number of carbonyl (C=O) groups excluding carboxylic acids is 1. The molecule has 0 aliphatic rings. The van der Waals surface area contributed by atoms with Gasteiger partial charge in [0, 0.05) is 36.5 Å². The third-order valence-corrected chi connectivity index (χ3v) is 2.53. The smallest absolute Gasteiger partial charge is 0.191 e. The fourth-order valence-electron chi connectivity index (χ4n) is 1.33. The van der Waals surface area contributed by atoms with Crippen LogP contribution < -0.4 is 0 Å². The van der Waals surface area contributed by atoms with Gasteiger partial charge in [-0.1, -0.05) is 23.2 Å². The number of hydrogen-bond donors (Lipinski definition) is 0. The third-order valence-electron chi connectivity index (χ3n) is 1.99. The summed E-state index contributed by atoms with van der Waals surface area (Å²) in [5.41, 5.74) is 1.11. The van der Waals surface area contributed by atoms with Crippen molar-refractivity contribution >= 4 is 29.0 Å². The summed E-state index contributed by atoms with van der Waals surface area (Å²) in [5.74, 6) is -0.0876.